The van der Waals surface area contributed by atoms with Crippen LogP contribution in [-0.4, -0.2) is 37.7 Å². The summed E-state index contributed by atoms with van der Waals surface area (Å²) in [6, 6.07) is 10.1. The average Bonchev–Trinajstić information content (AvgIpc) is 3.09. The number of anilines is 2. The van der Waals surface area contributed by atoms with Crippen molar-refractivity contribution in [2.24, 2.45) is 0 Å². The molecule has 1 aliphatic heterocycles. The zero-order chi connectivity index (χ0) is 19.0. The fourth-order valence-corrected chi connectivity index (χ4v) is 3.22. The van der Waals surface area contributed by atoms with Crippen molar-refractivity contribution in [2.45, 2.75) is 39.3 Å². The number of hydrogen-bond acceptors (Lipinski definition) is 5. The number of rotatable bonds is 2. The highest BCUT2D eigenvalue weighted by Gasteiger charge is 2.25. The first-order valence-corrected chi connectivity index (χ1v) is 9.04. The number of benzene rings is 1. The molecular weight excluding hydrogens is 342 g/mol. The van der Waals surface area contributed by atoms with E-state index in [1.165, 1.54) is 11.9 Å². The Morgan fingerprint density at radius 2 is 2.07 bits per heavy atom. The molecule has 4 rings (SSSR count). The van der Waals surface area contributed by atoms with Crippen molar-refractivity contribution in [1.29, 1.82) is 0 Å². The van der Waals surface area contributed by atoms with E-state index >= 15 is 0 Å². The van der Waals surface area contributed by atoms with Crippen LogP contribution < -0.4 is 5.32 Å². The highest BCUT2D eigenvalue weighted by atomic mass is 16.6. The molecule has 1 aliphatic rings. The molecular formula is C20H23N5O2. The zero-order valence-electron chi connectivity index (χ0n) is 15.8. The van der Waals surface area contributed by atoms with Gasteiger partial charge in [0, 0.05) is 25.0 Å². The van der Waals surface area contributed by atoms with Gasteiger partial charge in [-0.3, -0.25) is 0 Å². The van der Waals surface area contributed by atoms with Gasteiger partial charge in [-0.25, -0.2) is 14.3 Å². The monoisotopic (exact) mass is 365 g/mol. The summed E-state index contributed by atoms with van der Waals surface area (Å²) in [5.41, 5.74) is 3.73. The first kappa shape index (κ1) is 17.3. The summed E-state index contributed by atoms with van der Waals surface area (Å²) in [4.78, 5) is 18.5. The second kappa shape index (κ2) is 6.57. The lowest BCUT2D eigenvalue weighted by Gasteiger charge is -2.31. The van der Waals surface area contributed by atoms with E-state index in [1.807, 2.05) is 45.2 Å². The Kier molecular flexibility index (Phi) is 4.22. The minimum Gasteiger partial charge on any atom is -0.444 e. The molecule has 0 fully saturated rings. The minimum absolute atomic E-state index is 0.266. The first-order valence-electron chi connectivity index (χ1n) is 9.04. The van der Waals surface area contributed by atoms with E-state index in [9.17, 15) is 4.79 Å². The third-order valence-electron chi connectivity index (χ3n) is 4.47. The molecule has 1 N–H and O–H groups in total. The van der Waals surface area contributed by atoms with Gasteiger partial charge < -0.3 is 15.0 Å². The van der Waals surface area contributed by atoms with Gasteiger partial charge in [0.25, 0.3) is 0 Å². The van der Waals surface area contributed by atoms with Crippen LogP contribution in [0.2, 0.25) is 0 Å². The van der Waals surface area contributed by atoms with Gasteiger partial charge in [0.2, 0.25) is 0 Å². The van der Waals surface area contributed by atoms with E-state index < -0.39 is 5.60 Å². The summed E-state index contributed by atoms with van der Waals surface area (Å²) in [5, 5.41) is 7.54. The Balaban J connectivity index is 1.54. The van der Waals surface area contributed by atoms with E-state index in [2.05, 4.69) is 27.5 Å². The van der Waals surface area contributed by atoms with E-state index in [0.29, 0.717) is 13.1 Å². The van der Waals surface area contributed by atoms with Crippen LogP contribution in [0.1, 0.15) is 31.9 Å². The molecule has 0 aliphatic carbocycles. The average molecular weight is 365 g/mol. The van der Waals surface area contributed by atoms with Gasteiger partial charge >= 0.3 is 6.09 Å². The van der Waals surface area contributed by atoms with Gasteiger partial charge in [-0.1, -0.05) is 6.07 Å². The summed E-state index contributed by atoms with van der Waals surface area (Å²) in [6.07, 6.45) is 3.97. The van der Waals surface area contributed by atoms with Crippen molar-refractivity contribution in [2.75, 3.05) is 11.9 Å². The molecule has 0 spiro atoms. The topological polar surface area (TPSA) is 71.8 Å². The number of fused-ring (bicyclic) bond motifs is 2. The van der Waals surface area contributed by atoms with Gasteiger partial charge in [0.1, 0.15) is 17.4 Å². The Labute approximate surface area is 158 Å². The van der Waals surface area contributed by atoms with Gasteiger partial charge in [-0.2, -0.15) is 5.10 Å². The summed E-state index contributed by atoms with van der Waals surface area (Å²) >= 11 is 0. The fraction of sp³-hybridized carbons (Fsp3) is 0.350. The zero-order valence-corrected chi connectivity index (χ0v) is 15.8. The molecule has 0 bridgehead atoms. The predicted molar refractivity (Wildman–Crippen MR) is 103 cm³/mol. The molecule has 0 atom stereocenters. The second-order valence-corrected chi connectivity index (χ2v) is 7.71. The van der Waals surface area contributed by atoms with Crippen molar-refractivity contribution in [3.63, 3.8) is 0 Å². The number of amides is 1. The normalized spacial score (nSPS) is 14.1. The molecule has 0 saturated heterocycles. The van der Waals surface area contributed by atoms with Crippen molar-refractivity contribution in [3.05, 3.63) is 54.0 Å². The predicted octanol–water partition coefficient (Wildman–Crippen LogP) is 3.77. The van der Waals surface area contributed by atoms with Crippen LogP contribution in [0.3, 0.4) is 0 Å². The maximum Gasteiger partial charge on any atom is 0.410 e. The van der Waals surface area contributed by atoms with Crippen LogP contribution in [0.5, 0.6) is 0 Å². The first-order chi connectivity index (χ1) is 12.9. The number of nitrogens with zero attached hydrogens (tertiary/aromatic N) is 4. The number of aromatic nitrogens is 3. The van der Waals surface area contributed by atoms with E-state index in [-0.39, 0.29) is 6.09 Å². The van der Waals surface area contributed by atoms with Crippen LogP contribution in [0.25, 0.3) is 5.52 Å². The molecule has 7 nitrogen and oxygen atoms in total. The quantitative estimate of drug-likeness (QED) is 0.748. The summed E-state index contributed by atoms with van der Waals surface area (Å²) in [5.74, 6) is 0.745. The Hall–Kier alpha value is -3.09. The lowest BCUT2D eigenvalue weighted by atomic mass is 9.99. The molecule has 3 aromatic rings. The molecule has 7 heteroatoms. The highest BCUT2D eigenvalue weighted by molar-refractivity contribution is 5.73. The highest BCUT2D eigenvalue weighted by Crippen LogP contribution is 2.26. The molecule has 2 aromatic heterocycles. The van der Waals surface area contributed by atoms with Gasteiger partial charge in [-0.15, -0.1) is 0 Å². The Morgan fingerprint density at radius 1 is 1.22 bits per heavy atom. The fourth-order valence-electron chi connectivity index (χ4n) is 3.22. The largest absolute Gasteiger partial charge is 0.444 e. The van der Waals surface area contributed by atoms with E-state index in [1.54, 1.807) is 9.42 Å². The third-order valence-corrected chi connectivity index (χ3v) is 4.47. The smallest absolute Gasteiger partial charge is 0.410 e. The molecule has 0 unspecified atom stereocenters. The molecule has 3 heterocycles. The maximum absolute atomic E-state index is 12.4. The van der Waals surface area contributed by atoms with Crippen molar-refractivity contribution >= 4 is 23.1 Å². The number of carbonyl (C=O) groups is 1. The minimum atomic E-state index is -0.490. The molecule has 1 aromatic carbocycles. The van der Waals surface area contributed by atoms with Crippen LogP contribution in [0.4, 0.5) is 16.3 Å². The lowest BCUT2D eigenvalue weighted by Crippen LogP contribution is -2.39. The van der Waals surface area contributed by atoms with Gasteiger partial charge in [0.15, 0.2) is 5.82 Å². The maximum atomic E-state index is 12.4. The molecule has 27 heavy (non-hydrogen) atoms. The summed E-state index contributed by atoms with van der Waals surface area (Å²) in [6.45, 7) is 6.87. The van der Waals surface area contributed by atoms with Crippen molar-refractivity contribution in [3.8, 4) is 0 Å². The van der Waals surface area contributed by atoms with Crippen LogP contribution in [0, 0.1) is 0 Å². The number of nitrogens with one attached hydrogen (secondary N) is 1. The third kappa shape index (κ3) is 3.72. The molecule has 0 radical (unpaired) electrons. The van der Waals surface area contributed by atoms with Gasteiger partial charge in [-0.05, 0) is 62.6 Å². The number of ether oxygens (including phenoxy) is 1. The van der Waals surface area contributed by atoms with Crippen molar-refractivity contribution in [1.82, 2.24) is 19.5 Å². The van der Waals surface area contributed by atoms with E-state index in [4.69, 9.17) is 4.74 Å². The molecule has 1 amide bonds. The lowest BCUT2D eigenvalue weighted by molar-refractivity contribution is 0.0224. The molecule has 140 valence electrons. The Morgan fingerprint density at radius 3 is 2.89 bits per heavy atom. The summed E-state index contributed by atoms with van der Waals surface area (Å²) in [7, 11) is 0. The standard InChI is InChI=1S/C20H23N5O2/c1-20(2,3)27-19(26)24-10-8-14-6-7-16(11-15(14)12-24)23-18-17-5-4-9-25(17)22-13-21-18/h4-7,9,11,13H,8,10,12H2,1-3H3,(H,21,22,23). The Bertz CT molecular complexity index is 989. The van der Waals surface area contributed by atoms with Gasteiger partial charge in [0.05, 0.1) is 0 Å². The van der Waals surface area contributed by atoms with Crippen LogP contribution in [0.15, 0.2) is 42.9 Å². The molecule has 0 saturated carbocycles. The SMILES string of the molecule is CC(C)(C)OC(=O)N1CCc2ccc(Nc3ncnn4cccc34)cc2C1. The van der Waals surface area contributed by atoms with Crippen LogP contribution >= 0.6 is 0 Å². The number of carbonyl (C=O) groups excluding carboxylic acids is 1. The van der Waals surface area contributed by atoms with Crippen LogP contribution in [-0.2, 0) is 17.7 Å². The van der Waals surface area contributed by atoms with E-state index in [0.717, 1.165) is 29.0 Å². The number of hydrogen-bond donors (Lipinski definition) is 1. The van der Waals surface area contributed by atoms with Crippen molar-refractivity contribution < 1.29 is 9.53 Å². The summed E-state index contributed by atoms with van der Waals surface area (Å²) < 4.78 is 7.28. The second-order valence-electron chi connectivity index (χ2n) is 7.71.